The van der Waals surface area contributed by atoms with Crippen LogP contribution < -0.4 is 20.1 Å². The van der Waals surface area contributed by atoms with Gasteiger partial charge >= 0.3 is 0 Å². The number of anilines is 1. The molecular formula is C19H20N2O4. The molecule has 6 nitrogen and oxygen atoms in total. The summed E-state index contributed by atoms with van der Waals surface area (Å²) < 4.78 is 10.9. The fraction of sp³-hybridized carbons (Fsp3) is 0.263. The van der Waals surface area contributed by atoms with Gasteiger partial charge in [-0.25, -0.2) is 0 Å². The molecule has 2 aromatic rings. The lowest BCUT2D eigenvalue weighted by Gasteiger charge is -2.23. The van der Waals surface area contributed by atoms with E-state index in [2.05, 4.69) is 0 Å². The zero-order chi connectivity index (χ0) is 18.0. The van der Waals surface area contributed by atoms with Crippen LogP contribution >= 0.6 is 0 Å². The van der Waals surface area contributed by atoms with Crippen LogP contribution in [0, 0.1) is 0 Å². The number of rotatable bonds is 5. The molecule has 1 atom stereocenters. The summed E-state index contributed by atoms with van der Waals surface area (Å²) in [5.41, 5.74) is 7.65. The highest BCUT2D eigenvalue weighted by molar-refractivity contribution is 5.99. The molecule has 6 heteroatoms. The van der Waals surface area contributed by atoms with Crippen molar-refractivity contribution >= 4 is 17.5 Å². The van der Waals surface area contributed by atoms with Crippen LogP contribution in [-0.2, 0) is 11.2 Å². The average molecular weight is 340 g/mol. The second kappa shape index (κ2) is 6.84. The zero-order valence-electron chi connectivity index (χ0n) is 14.2. The van der Waals surface area contributed by atoms with Gasteiger partial charge in [0.15, 0.2) is 6.10 Å². The summed E-state index contributed by atoms with van der Waals surface area (Å²) in [5, 5.41) is 0. The topological polar surface area (TPSA) is 81.9 Å². The maximum atomic E-state index is 12.8. The Kier molecular flexibility index (Phi) is 4.61. The number of benzene rings is 2. The molecule has 0 unspecified atom stereocenters. The Morgan fingerprint density at radius 2 is 1.96 bits per heavy atom. The molecule has 0 aromatic heterocycles. The van der Waals surface area contributed by atoms with Gasteiger partial charge in [0.25, 0.3) is 11.8 Å². The molecule has 2 amide bonds. The quantitative estimate of drug-likeness (QED) is 0.904. The Bertz CT molecular complexity index is 819. The van der Waals surface area contributed by atoms with Gasteiger partial charge < -0.3 is 20.1 Å². The van der Waals surface area contributed by atoms with Gasteiger partial charge in [-0.3, -0.25) is 9.59 Å². The van der Waals surface area contributed by atoms with Crippen LogP contribution in [0.2, 0.25) is 0 Å². The van der Waals surface area contributed by atoms with Crippen LogP contribution in [0.1, 0.15) is 22.8 Å². The number of methoxy groups -OCH3 is 1. The number of nitrogens with two attached hydrogens (primary N) is 1. The Labute approximate surface area is 146 Å². The van der Waals surface area contributed by atoms with E-state index in [1.54, 1.807) is 24.0 Å². The molecule has 2 aromatic carbocycles. The second-order valence-electron chi connectivity index (χ2n) is 5.86. The number of amides is 2. The van der Waals surface area contributed by atoms with E-state index in [4.69, 9.17) is 15.2 Å². The van der Waals surface area contributed by atoms with Crippen molar-refractivity contribution in [3.05, 3.63) is 53.6 Å². The standard InChI is InChI=1S/C19H20N2O4/c1-12(19(23)21-10-9-13-5-3-4-6-16(13)21)25-17-11-14(24-2)7-8-15(17)18(20)22/h3-8,11-12H,9-10H2,1-2H3,(H2,20,22)/t12-/m1/s1. The van der Waals surface area contributed by atoms with Crippen molar-refractivity contribution in [3.63, 3.8) is 0 Å². The second-order valence-corrected chi connectivity index (χ2v) is 5.86. The summed E-state index contributed by atoms with van der Waals surface area (Å²) in [4.78, 5) is 26.1. The molecule has 0 aliphatic carbocycles. The van der Waals surface area contributed by atoms with Crippen molar-refractivity contribution in [2.75, 3.05) is 18.6 Å². The highest BCUT2D eigenvalue weighted by atomic mass is 16.5. The maximum absolute atomic E-state index is 12.8. The fourth-order valence-corrected chi connectivity index (χ4v) is 2.96. The third-order valence-electron chi connectivity index (χ3n) is 4.26. The molecule has 0 bridgehead atoms. The fourth-order valence-electron chi connectivity index (χ4n) is 2.96. The Hall–Kier alpha value is -3.02. The molecule has 1 heterocycles. The van der Waals surface area contributed by atoms with E-state index in [1.807, 2.05) is 24.3 Å². The number of nitrogens with zero attached hydrogens (tertiary/aromatic N) is 1. The van der Waals surface area contributed by atoms with Crippen LogP contribution in [0.25, 0.3) is 0 Å². The van der Waals surface area contributed by atoms with Crippen LogP contribution in [0.3, 0.4) is 0 Å². The minimum Gasteiger partial charge on any atom is -0.497 e. The Balaban J connectivity index is 1.82. The van der Waals surface area contributed by atoms with Gasteiger partial charge in [0, 0.05) is 18.3 Å². The number of carbonyl (C=O) groups is 2. The predicted molar refractivity (Wildman–Crippen MR) is 94.1 cm³/mol. The van der Waals surface area contributed by atoms with E-state index in [0.717, 1.165) is 17.7 Å². The van der Waals surface area contributed by atoms with Crippen molar-refractivity contribution < 1.29 is 19.1 Å². The number of para-hydroxylation sites is 1. The van der Waals surface area contributed by atoms with Crippen molar-refractivity contribution in [2.45, 2.75) is 19.4 Å². The van der Waals surface area contributed by atoms with E-state index in [0.29, 0.717) is 12.3 Å². The lowest BCUT2D eigenvalue weighted by atomic mass is 10.1. The lowest BCUT2D eigenvalue weighted by Crippen LogP contribution is -2.39. The van der Waals surface area contributed by atoms with E-state index >= 15 is 0 Å². The smallest absolute Gasteiger partial charge is 0.267 e. The van der Waals surface area contributed by atoms with Crippen molar-refractivity contribution in [1.82, 2.24) is 0 Å². The van der Waals surface area contributed by atoms with Crippen molar-refractivity contribution in [1.29, 1.82) is 0 Å². The minimum atomic E-state index is -0.767. The average Bonchev–Trinajstić information content (AvgIpc) is 3.04. The molecule has 0 fully saturated rings. The summed E-state index contributed by atoms with van der Waals surface area (Å²) in [5.74, 6) is -0.0293. The van der Waals surface area contributed by atoms with E-state index in [9.17, 15) is 9.59 Å². The molecule has 0 saturated carbocycles. The summed E-state index contributed by atoms with van der Waals surface area (Å²) in [6, 6.07) is 12.5. The maximum Gasteiger partial charge on any atom is 0.267 e. The van der Waals surface area contributed by atoms with Crippen LogP contribution in [0.4, 0.5) is 5.69 Å². The number of fused-ring (bicyclic) bond motifs is 1. The lowest BCUT2D eigenvalue weighted by molar-refractivity contribution is -0.124. The molecule has 130 valence electrons. The summed E-state index contributed by atoms with van der Waals surface area (Å²) >= 11 is 0. The molecule has 3 rings (SSSR count). The van der Waals surface area contributed by atoms with Gasteiger partial charge in [-0.2, -0.15) is 0 Å². The first-order chi connectivity index (χ1) is 12.0. The number of ether oxygens (including phenoxy) is 2. The first kappa shape index (κ1) is 16.8. The molecule has 1 aliphatic rings. The third kappa shape index (κ3) is 3.28. The zero-order valence-corrected chi connectivity index (χ0v) is 14.2. The van der Waals surface area contributed by atoms with Gasteiger partial charge in [-0.05, 0) is 37.1 Å². The molecule has 25 heavy (non-hydrogen) atoms. The van der Waals surface area contributed by atoms with Crippen molar-refractivity contribution in [3.8, 4) is 11.5 Å². The summed E-state index contributed by atoms with van der Waals surface area (Å²) in [7, 11) is 1.51. The molecule has 2 N–H and O–H groups in total. The first-order valence-corrected chi connectivity index (χ1v) is 8.05. The molecule has 0 saturated heterocycles. The SMILES string of the molecule is COc1ccc(C(N)=O)c(O[C@H](C)C(=O)N2CCc3ccccc32)c1. The van der Waals surface area contributed by atoms with E-state index in [-0.39, 0.29) is 17.2 Å². The van der Waals surface area contributed by atoms with Gasteiger partial charge in [0.05, 0.1) is 12.7 Å². The van der Waals surface area contributed by atoms with Gasteiger partial charge in [-0.1, -0.05) is 18.2 Å². The van der Waals surface area contributed by atoms with E-state index in [1.165, 1.54) is 13.2 Å². The molecular weight excluding hydrogens is 320 g/mol. The monoisotopic (exact) mass is 340 g/mol. The normalized spacial score (nSPS) is 13.9. The number of hydrogen-bond donors (Lipinski definition) is 1. The number of hydrogen-bond acceptors (Lipinski definition) is 4. The largest absolute Gasteiger partial charge is 0.497 e. The summed E-state index contributed by atoms with van der Waals surface area (Å²) in [6.45, 7) is 2.28. The number of primary amides is 1. The van der Waals surface area contributed by atoms with Crippen molar-refractivity contribution in [2.24, 2.45) is 5.73 Å². The Morgan fingerprint density at radius 1 is 1.20 bits per heavy atom. The molecule has 1 aliphatic heterocycles. The van der Waals surface area contributed by atoms with Gasteiger partial charge in [0.2, 0.25) is 0 Å². The van der Waals surface area contributed by atoms with Crippen LogP contribution in [-0.4, -0.2) is 31.6 Å². The van der Waals surface area contributed by atoms with E-state index < -0.39 is 12.0 Å². The minimum absolute atomic E-state index is 0.164. The van der Waals surface area contributed by atoms with Crippen LogP contribution in [0.5, 0.6) is 11.5 Å². The Morgan fingerprint density at radius 3 is 2.68 bits per heavy atom. The predicted octanol–water partition coefficient (Wildman–Crippen LogP) is 2.15. The summed E-state index contributed by atoms with van der Waals surface area (Å²) in [6.07, 6.45) is 0.0525. The highest BCUT2D eigenvalue weighted by Gasteiger charge is 2.29. The number of carbonyl (C=O) groups excluding carboxylic acids is 2. The third-order valence-corrected chi connectivity index (χ3v) is 4.26. The van der Waals surface area contributed by atoms with Gasteiger partial charge in [0.1, 0.15) is 11.5 Å². The highest BCUT2D eigenvalue weighted by Crippen LogP contribution is 2.30. The molecule has 0 radical (unpaired) electrons. The first-order valence-electron chi connectivity index (χ1n) is 8.05. The molecule has 0 spiro atoms. The van der Waals surface area contributed by atoms with Crippen LogP contribution in [0.15, 0.2) is 42.5 Å². The van der Waals surface area contributed by atoms with Gasteiger partial charge in [-0.15, -0.1) is 0 Å².